The molecule has 1 aromatic rings. The number of nitrogens with one attached hydrogen (secondary N) is 1. The summed E-state index contributed by atoms with van der Waals surface area (Å²) in [6.45, 7) is 21.1. The lowest BCUT2D eigenvalue weighted by Gasteiger charge is -2.44. The first-order chi connectivity index (χ1) is 12.3. The minimum atomic E-state index is -0.361. The number of hydrogen-bond acceptors (Lipinski definition) is 4. The van der Waals surface area contributed by atoms with E-state index < -0.39 is 0 Å². The minimum absolute atomic E-state index is 0.0141. The summed E-state index contributed by atoms with van der Waals surface area (Å²) >= 11 is 0. The molecule has 0 saturated carbocycles. The fourth-order valence-electron chi connectivity index (χ4n) is 4.01. The molecule has 0 spiro atoms. The van der Waals surface area contributed by atoms with Gasteiger partial charge in [-0.2, -0.15) is 0 Å². The van der Waals surface area contributed by atoms with E-state index in [0.717, 1.165) is 37.3 Å². The van der Waals surface area contributed by atoms with Crippen LogP contribution in [-0.4, -0.2) is 47.9 Å². The van der Waals surface area contributed by atoms with Crippen molar-refractivity contribution in [2.24, 2.45) is 5.41 Å². The molecular weight excluding hydrogens is 336 g/mol. The van der Waals surface area contributed by atoms with Crippen molar-refractivity contribution in [1.82, 2.24) is 10.2 Å². The summed E-state index contributed by atoms with van der Waals surface area (Å²) in [5.74, 6) is 0.389. The molecule has 1 aliphatic heterocycles. The zero-order chi connectivity index (χ0) is 20.6. The van der Waals surface area contributed by atoms with Gasteiger partial charge in [0.05, 0.1) is 0 Å². The van der Waals surface area contributed by atoms with Gasteiger partial charge in [-0.05, 0) is 28.0 Å². The van der Waals surface area contributed by atoms with Crippen LogP contribution >= 0.6 is 0 Å². The third-order valence-corrected chi connectivity index (χ3v) is 5.77. The van der Waals surface area contributed by atoms with Crippen LogP contribution in [0.1, 0.15) is 78.1 Å². The molecule has 0 unspecified atom stereocenters. The number of aromatic hydroxyl groups is 1. The summed E-state index contributed by atoms with van der Waals surface area (Å²) in [5.41, 5.74) is 2.64. The molecule has 0 radical (unpaired) electrons. The van der Waals surface area contributed by atoms with Crippen molar-refractivity contribution in [3.05, 3.63) is 28.8 Å². The number of piperazine rings is 1. The summed E-state index contributed by atoms with van der Waals surface area (Å²) in [4.78, 5) is 2.42. The number of phenols is 1. The lowest BCUT2D eigenvalue weighted by atomic mass is 9.73. The highest BCUT2D eigenvalue weighted by molar-refractivity contribution is 5.50. The van der Waals surface area contributed by atoms with Crippen LogP contribution in [0.4, 0.5) is 0 Å². The van der Waals surface area contributed by atoms with Gasteiger partial charge in [-0.15, -0.1) is 0 Å². The molecule has 0 amide bonds. The molecule has 4 heteroatoms. The van der Waals surface area contributed by atoms with Crippen LogP contribution in [0.3, 0.4) is 0 Å². The Morgan fingerprint density at radius 2 is 1.52 bits per heavy atom. The summed E-state index contributed by atoms with van der Waals surface area (Å²) in [6, 6.07) is 4.31. The predicted octanol–water partition coefficient (Wildman–Crippen LogP) is 3.95. The van der Waals surface area contributed by atoms with Gasteiger partial charge in [0.1, 0.15) is 5.75 Å². The van der Waals surface area contributed by atoms with Gasteiger partial charge in [-0.1, -0.05) is 61.5 Å². The number of aliphatic hydroxyl groups is 1. The van der Waals surface area contributed by atoms with E-state index in [2.05, 4.69) is 77.7 Å². The SMILES string of the molecule is CC(C)(C)c1cc([C@H](N2CCNCC2)C(C)(C)CO)c(O)c(C(C)(C)C)c1. The van der Waals surface area contributed by atoms with Crippen LogP contribution in [0.5, 0.6) is 5.75 Å². The highest BCUT2D eigenvalue weighted by atomic mass is 16.3. The van der Waals surface area contributed by atoms with E-state index in [1.165, 1.54) is 5.56 Å². The van der Waals surface area contributed by atoms with Gasteiger partial charge in [-0.25, -0.2) is 0 Å². The molecule has 154 valence electrons. The Morgan fingerprint density at radius 3 is 1.96 bits per heavy atom. The second-order valence-corrected chi connectivity index (χ2v) is 10.8. The monoisotopic (exact) mass is 376 g/mol. The Morgan fingerprint density at radius 1 is 0.963 bits per heavy atom. The van der Waals surface area contributed by atoms with E-state index in [1.54, 1.807) is 0 Å². The molecule has 27 heavy (non-hydrogen) atoms. The predicted molar refractivity (Wildman–Crippen MR) is 114 cm³/mol. The molecule has 4 nitrogen and oxygen atoms in total. The smallest absolute Gasteiger partial charge is 0.124 e. The molecule has 1 aromatic carbocycles. The van der Waals surface area contributed by atoms with Gasteiger partial charge in [0.25, 0.3) is 0 Å². The van der Waals surface area contributed by atoms with E-state index in [9.17, 15) is 10.2 Å². The molecule has 1 heterocycles. The normalized spacial score (nSPS) is 18.6. The quantitative estimate of drug-likeness (QED) is 0.745. The molecule has 1 saturated heterocycles. The lowest BCUT2D eigenvalue weighted by Crippen LogP contribution is -2.49. The molecule has 1 atom stereocenters. The number of rotatable bonds is 4. The number of phenolic OH excluding ortho intramolecular Hbond substituents is 1. The summed E-state index contributed by atoms with van der Waals surface area (Å²) < 4.78 is 0. The maximum Gasteiger partial charge on any atom is 0.124 e. The van der Waals surface area contributed by atoms with Crippen LogP contribution in [0.25, 0.3) is 0 Å². The maximum absolute atomic E-state index is 11.4. The third kappa shape index (κ3) is 4.85. The first-order valence-corrected chi connectivity index (χ1v) is 10.2. The lowest BCUT2D eigenvalue weighted by molar-refractivity contribution is 0.0291. The maximum atomic E-state index is 11.4. The van der Waals surface area contributed by atoms with Crippen LogP contribution in [0.15, 0.2) is 12.1 Å². The Hall–Kier alpha value is -1.10. The molecular formula is C23H40N2O2. The van der Waals surface area contributed by atoms with Crippen LogP contribution in [0, 0.1) is 5.41 Å². The summed E-state index contributed by atoms with van der Waals surface area (Å²) in [6.07, 6.45) is 0. The Bertz CT molecular complexity index is 648. The van der Waals surface area contributed by atoms with E-state index in [-0.39, 0.29) is 28.9 Å². The van der Waals surface area contributed by atoms with E-state index in [4.69, 9.17) is 0 Å². The zero-order valence-electron chi connectivity index (χ0n) is 18.6. The number of hydrogen-bond donors (Lipinski definition) is 3. The fourth-order valence-corrected chi connectivity index (χ4v) is 4.01. The molecule has 0 bridgehead atoms. The largest absolute Gasteiger partial charge is 0.507 e. The summed E-state index contributed by atoms with van der Waals surface area (Å²) in [5, 5.41) is 24.9. The second kappa shape index (κ2) is 7.73. The highest BCUT2D eigenvalue weighted by Crippen LogP contribution is 2.46. The molecule has 2 rings (SSSR count). The Kier molecular flexibility index (Phi) is 6.35. The second-order valence-electron chi connectivity index (χ2n) is 10.8. The van der Waals surface area contributed by atoms with Crippen molar-refractivity contribution in [3.63, 3.8) is 0 Å². The molecule has 1 aliphatic rings. The first-order valence-electron chi connectivity index (χ1n) is 10.2. The molecule has 3 N–H and O–H groups in total. The van der Waals surface area contributed by atoms with Crippen molar-refractivity contribution in [2.45, 2.75) is 72.3 Å². The Balaban J connectivity index is 2.73. The standard InChI is InChI=1S/C23H40N2O2/c1-21(2,3)16-13-17(19(27)18(14-16)22(4,5)6)20(23(7,8)15-26)25-11-9-24-10-12-25/h13-14,20,24,26-27H,9-12,15H2,1-8H3/t20-/m0/s1. The number of aliphatic hydroxyl groups excluding tert-OH is 1. The number of nitrogens with zero attached hydrogens (tertiary/aromatic N) is 1. The van der Waals surface area contributed by atoms with Crippen LogP contribution in [-0.2, 0) is 10.8 Å². The van der Waals surface area contributed by atoms with E-state index >= 15 is 0 Å². The van der Waals surface area contributed by atoms with Gasteiger partial charge >= 0.3 is 0 Å². The van der Waals surface area contributed by atoms with Gasteiger partial charge in [0.2, 0.25) is 0 Å². The average Bonchev–Trinajstić information content (AvgIpc) is 2.55. The third-order valence-electron chi connectivity index (χ3n) is 5.77. The van der Waals surface area contributed by atoms with Crippen molar-refractivity contribution in [2.75, 3.05) is 32.8 Å². The highest BCUT2D eigenvalue weighted by Gasteiger charge is 2.39. The number of benzene rings is 1. The van der Waals surface area contributed by atoms with Crippen molar-refractivity contribution in [1.29, 1.82) is 0 Å². The molecule has 0 aromatic heterocycles. The van der Waals surface area contributed by atoms with Gasteiger partial charge in [0, 0.05) is 49.8 Å². The van der Waals surface area contributed by atoms with E-state index in [0.29, 0.717) is 5.75 Å². The topological polar surface area (TPSA) is 55.7 Å². The fraction of sp³-hybridized carbons (Fsp3) is 0.739. The minimum Gasteiger partial charge on any atom is -0.507 e. The molecule has 0 aliphatic carbocycles. The van der Waals surface area contributed by atoms with Crippen LogP contribution < -0.4 is 5.32 Å². The van der Waals surface area contributed by atoms with Crippen molar-refractivity contribution < 1.29 is 10.2 Å². The van der Waals surface area contributed by atoms with E-state index in [1.807, 2.05) is 0 Å². The van der Waals surface area contributed by atoms with Gasteiger partial charge in [0.15, 0.2) is 0 Å². The first kappa shape index (κ1) is 22.2. The average molecular weight is 377 g/mol. The molecule has 1 fully saturated rings. The van der Waals surface area contributed by atoms with Gasteiger partial charge < -0.3 is 15.5 Å². The zero-order valence-corrected chi connectivity index (χ0v) is 18.6. The van der Waals surface area contributed by atoms with Crippen LogP contribution in [0.2, 0.25) is 0 Å². The van der Waals surface area contributed by atoms with Crippen molar-refractivity contribution >= 4 is 0 Å². The van der Waals surface area contributed by atoms with Crippen molar-refractivity contribution in [3.8, 4) is 5.75 Å². The summed E-state index contributed by atoms with van der Waals surface area (Å²) in [7, 11) is 0. The van der Waals surface area contributed by atoms with Gasteiger partial charge in [-0.3, -0.25) is 4.90 Å². The Labute approximate surface area is 166 Å².